The molecule has 0 spiro atoms. The van der Waals surface area contributed by atoms with Crippen LogP contribution in [-0.4, -0.2) is 74.8 Å². The number of fused-ring (bicyclic) bond motifs is 6. The number of rotatable bonds is 4. The summed E-state index contributed by atoms with van der Waals surface area (Å²) in [5.41, 5.74) is 1.63. The number of para-hydroxylation sites is 1. The first-order chi connectivity index (χ1) is 18.0. The van der Waals surface area contributed by atoms with Gasteiger partial charge in [-0.2, -0.15) is 15.4 Å². The molecule has 2 saturated heterocycles. The van der Waals surface area contributed by atoms with Crippen LogP contribution in [0.3, 0.4) is 0 Å². The van der Waals surface area contributed by atoms with Crippen molar-refractivity contribution in [2.75, 3.05) is 32.8 Å². The predicted molar refractivity (Wildman–Crippen MR) is 137 cm³/mol. The van der Waals surface area contributed by atoms with Crippen LogP contribution in [0, 0.1) is 29.5 Å². The zero-order valence-corrected chi connectivity index (χ0v) is 20.2. The molecule has 0 bridgehead atoms. The highest BCUT2D eigenvalue weighted by Crippen LogP contribution is 2.54. The molecule has 9 nitrogen and oxygen atoms in total. The lowest BCUT2D eigenvalue weighted by atomic mass is 9.60. The number of carbonyl (C=O) groups is 2. The van der Waals surface area contributed by atoms with Gasteiger partial charge in [0.15, 0.2) is 5.82 Å². The average molecular weight is 505 g/mol. The summed E-state index contributed by atoms with van der Waals surface area (Å²) in [6.07, 6.45) is 0. The van der Waals surface area contributed by atoms with Crippen LogP contribution in [0.2, 0.25) is 0 Å². The number of likely N-dealkylation sites (tertiary alicyclic amines) is 2. The predicted octanol–water partition coefficient (Wildman–Crippen LogP) is 3.63. The van der Waals surface area contributed by atoms with Gasteiger partial charge in [0.25, 0.3) is 11.8 Å². The molecule has 2 unspecified atom stereocenters. The first kappa shape index (κ1) is 22.1. The molecule has 2 aliphatic heterocycles. The Morgan fingerprint density at radius 3 is 2.35 bits per heavy atom. The summed E-state index contributed by atoms with van der Waals surface area (Å²) in [5.74, 6) is 0.926. The molecule has 2 aromatic heterocycles. The first-order valence-electron chi connectivity index (χ1n) is 12.6. The number of pyridine rings is 1. The molecule has 0 radical (unpaired) electrons. The van der Waals surface area contributed by atoms with Crippen LogP contribution < -0.4 is 4.74 Å². The maximum atomic E-state index is 14.9. The summed E-state index contributed by atoms with van der Waals surface area (Å²) in [6, 6.07) is 12.5. The number of ether oxygens (including phenoxy) is 1. The minimum Gasteiger partial charge on any atom is -0.493 e. The monoisotopic (exact) mass is 504 g/mol. The summed E-state index contributed by atoms with van der Waals surface area (Å²) in [5, 5.41) is 11.0. The van der Waals surface area contributed by atoms with E-state index >= 15 is 0 Å². The molecule has 1 N–H and O–H groups in total. The highest BCUT2D eigenvalue weighted by molar-refractivity contribution is 5.98. The largest absolute Gasteiger partial charge is 0.493 e. The Balaban J connectivity index is 0.00000154. The summed E-state index contributed by atoms with van der Waals surface area (Å²) < 4.78 is 20.7. The standard InChI is InChI=1S/C27H25FN6O3.2H2/c1-2-37-23-9-22(29-20-6-4-3-5-14(20)23)27(36)34-12-18-16-10-33(11-17(16)19(18)13-34)26(35)15-7-8-21-25(24(15)28)31-32-30-21;;/h3-9,16-19H,2,10-13H2,1H3,(H,30,31,32);2*1H/t16-,17+,18?,19?;;. The highest BCUT2D eigenvalue weighted by atomic mass is 19.1. The first-order valence-corrected chi connectivity index (χ1v) is 12.6. The van der Waals surface area contributed by atoms with Crippen molar-refractivity contribution in [3.05, 3.63) is 59.5 Å². The van der Waals surface area contributed by atoms with Crippen molar-refractivity contribution in [2.45, 2.75) is 6.92 Å². The molecule has 4 aromatic rings. The minimum absolute atomic E-state index is 0. The number of amides is 2. The van der Waals surface area contributed by atoms with E-state index in [1.165, 1.54) is 6.07 Å². The van der Waals surface area contributed by atoms with E-state index in [4.69, 9.17) is 4.74 Å². The lowest BCUT2D eigenvalue weighted by molar-refractivity contribution is 0.0629. The Hall–Kier alpha value is -4.08. The van der Waals surface area contributed by atoms with Gasteiger partial charge in [-0.3, -0.25) is 9.59 Å². The van der Waals surface area contributed by atoms with Crippen molar-refractivity contribution in [1.29, 1.82) is 0 Å². The molecule has 2 aromatic carbocycles. The van der Waals surface area contributed by atoms with Crippen LogP contribution in [0.1, 0.15) is 30.6 Å². The fourth-order valence-corrected chi connectivity index (χ4v) is 6.61. The molecule has 3 fully saturated rings. The number of halogens is 1. The van der Waals surface area contributed by atoms with Gasteiger partial charge >= 0.3 is 0 Å². The molecule has 1 saturated carbocycles. The smallest absolute Gasteiger partial charge is 0.272 e. The molecule has 10 heteroatoms. The van der Waals surface area contributed by atoms with E-state index < -0.39 is 5.82 Å². The second kappa shape index (κ2) is 8.22. The normalized spacial score (nSPS) is 24.3. The quantitative estimate of drug-likeness (QED) is 0.455. The zero-order valence-electron chi connectivity index (χ0n) is 20.2. The van der Waals surface area contributed by atoms with Gasteiger partial charge in [0, 0.05) is 40.5 Å². The van der Waals surface area contributed by atoms with Crippen molar-refractivity contribution >= 4 is 33.8 Å². The molecule has 192 valence electrons. The number of hydrogen-bond acceptors (Lipinski definition) is 6. The topological polar surface area (TPSA) is 104 Å². The third-order valence-corrected chi connectivity index (χ3v) is 8.35. The Morgan fingerprint density at radius 1 is 0.973 bits per heavy atom. The number of H-pyrrole nitrogens is 1. The molecule has 3 aliphatic rings. The van der Waals surface area contributed by atoms with Crippen molar-refractivity contribution in [2.24, 2.45) is 23.7 Å². The maximum Gasteiger partial charge on any atom is 0.272 e. The summed E-state index contributed by atoms with van der Waals surface area (Å²) in [7, 11) is 0. The van der Waals surface area contributed by atoms with Gasteiger partial charge in [0.1, 0.15) is 22.5 Å². The van der Waals surface area contributed by atoms with Crippen molar-refractivity contribution in [3.63, 3.8) is 0 Å². The SMILES string of the molecule is CCOc1cc(C(=O)N2CC3C(C2)[C@@H]2CN(C(=O)c4ccc5n[nH]nc5c4F)C[C@H]32)nc2ccccc12.[HH].[HH]. The van der Waals surface area contributed by atoms with E-state index in [1.54, 1.807) is 17.0 Å². The second-order valence-corrected chi connectivity index (χ2v) is 10.1. The Bertz CT molecular complexity index is 1560. The van der Waals surface area contributed by atoms with E-state index in [0.29, 0.717) is 73.4 Å². The molecule has 1 aliphatic carbocycles. The second-order valence-electron chi connectivity index (χ2n) is 10.1. The number of benzene rings is 2. The lowest BCUT2D eigenvalue weighted by Gasteiger charge is -2.42. The van der Waals surface area contributed by atoms with E-state index in [1.807, 2.05) is 36.1 Å². The molecule has 37 heavy (non-hydrogen) atoms. The van der Waals surface area contributed by atoms with E-state index in [-0.39, 0.29) is 25.7 Å². The van der Waals surface area contributed by atoms with Crippen LogP contribution >= 0.6 is 0 Å². The van der Waals surface area contributed by atoms with Gasteiger partial charge in [-0.25, -0.2) is 9.37 Å². The molecule has 4 atom stereocenters. The summed E-state index contributed by atoms with van der Waals surface area (Å²) in [4.78, 5) is 34.9. The average Bonchev–Trinajstić information content (AvgIpc) is 3.63. The van der Waals surface area contributed by atoms with E-state index in [0.717, 1.165) is 10.9 Å². The van der Waals surface area contributed by atoms with E-state index in [2.05, 4.69) is 20.4 Å². The Morgan fingerprint density at radius 2 is 1.65 bits per heavy atom. The van der Waals surface area contributed by atoms with Crippen molar-refractivity contribution < 1.29 is 21.6 Å². The summed E-state index contributed by atoms with van der Waals surface area (Å²) in [6.45, 7) is 4.86. The minimum atomic E-state index is -0.637. The fraction of sp³-hybridized carbons (Fsp3) is 0.370. The Labute approximate surface area is 214 Å². The van der Waals surface area contributed by atoms with Crippen LogP contribution in [0.25, 0.3) is 21.9 Å². The van der Waals surface area contributed by atoms with Gasteiger partial charge in [-0.1, -0.05) is 12.1 Å². The third-order valence-electron chi connectivity index (χ3n) is 8.35. The van der Waals surface area contributed by atoms with Gasteiger partial charge < -0.3 is 14.5 Å². The van der Waals surface area contributed by atoms with Gasteiger partial charge in [0.05, 0.1) is 17.7 Å². The van der Waals surface area contributed by atoms with Crippen LogP contribution in [0.4, 0.5) is 4.39 Å². The third kappa shape index (κ3) is 3.31. The number of carbonyl (C=O) groups excluding carboxylic acids is 2. The highest BCUT2D eigenvalue weighted by Gasteiger charge is 2.59. The molecule has 7 rings (SSSR count). The van der Waals surface area contributed by atoms with Crippen molar-refractivity contribution in [1.82, 2.24) is 30.2 Å². The van der Waals surface area contributed by atoms with Crippen LogP contribution in [0.15, 0.2) is 42.5 Å². The number of hydrogen-bond donors (Lipinski definition) is 1. The number of nitrogens with one attached hydrogen (secondary N) is 1. The molecular formula is C27H29FN6O3. The van der Waals surface area contributed by atoms with Gasteiger partial charge in [0.2, 0.25) is 0 Å². The zero-order chi connectivity index (χ0) is 25.3. The van der Waals surface area contributed by atoms with Crippen LogP contribution in [-0.2, 0) is 0 Å². The molecular weight excluding hydrogens is 475 g/mol. The van der Waals surface area contributed by atoms with Crippen molar-refractivity contribution in [3.8, 4) is 5.75 Å². The summed E-state index contributed by atoms with van der Waals surface area (Å²) >= 11 is 0. The van der Waals surface area contributed by atoms with Crippen LogP contribution in [0.5, 0.6) is 5.75 Å². The number of aromatic amines is 1. The number of nitrogens with zero attached hydrogens (tertiary/aromatic N) is 5. The maximum absolute atomic E-state index is 14.9. The van der Waals surface area contributed by atoms with Gasteiger partial charge in [-0.05, 0) is 54.9 Å². The number of aromatic nitrogens is 4. The lowest BCUT2D eigenvalue weighted by Crippen LogP contribution is -2.44. The molecule has 4 heterocycles. The molecule has 2 amide bonds. The van der Waals surface area contributed by atoms with Gasteiger partial charge in [-0.15, -0.1) is 0 Å². The Kier molecular flexibility index (Phi) is 4.92. The van der Waals surface area contributed by atoms with E-state index in [9.17, 15) is 14.0 Å². The fourth-order valence-electron chi connectivity index (χ4n) is 6.61.